The molecule has 1 N–H and O–H groups in total. The SMILES string of the molecule is CCOc1ccc(Cl)cc1C(=O)N1C[C@@H]2CCC[C@]2(CNC(=O)c2ccc(OCC3CC3)cc2F)C1. The van der Waals surface area contributed by atoms with Crippen LogP contribution >= 0.6 is 11.6 Å². The first-order chi connectivity index (χ1) is 17.4. The molecular formula is C28H32ClFN2O4. The molecule has 3 fully saturated rings. The number of likely N-dealkylation sites (tertiary alicyclic amines) is 1. The first-order valence-corrected chi connectivity index (χ1v) is 13.2. The topological polar surface area (TPSA) is 67.9 Å². The maximum absolute atomic E-state index is 14.7. The Morgan fingerprint density at radius 1 is 1.14 bits per heavy atom. The summed E-state index contributed by atoms with van der Waals surface area (Å²) < 4.78 is 26.0. The molecule has 0 radical (unpaired) electrons. The minimum atomic E-state index is -0.589. The highest BCUT2D eigenvalue weighted by molar-refractivity contribution is 6.31. The molecule has 192 valence electrons. The van der Waals surface area contributed by atoms with E-state index in [-0.39, 0.29) is 22.8 Å². The summed E-state index contributed by atoms with van der Waals surface area (Å²) in [6.07, 6.45) is 5.26. The van der Waals surface area contributed by atoms with Gasteiger partial charge in [0, 0.05) is 36.1 Å². The van der Waals surface area contributed by atoms with E-state index in [1.54, 1.807) is 24.3 Å². The van der Waals surface area contributed by atoms with Gasteiger partial charge in [-0.05, 0) is 74.8 Å². The fourth-order valence-corrected chi connectivity index (χ4v) is 5.77. The molecule has 2 aromatic carbocycles. The van der Waals surface area contributed by atoms with Gasteiger partial charge in [0.25, 0.3) is 11.8 Å². The van der Waals surface area contributed by atoms with Gasteiger partial charge < -0.3 is 19.7 Å². The lowest BCUT2D eigenvalue weighted by Crippen LogP contribution is -2.41. The minimum absolute atomic E-state index is 0.00549. The monoisotopic (exact) mass is 514 g/mol. The van der Waals surface area contributed by atoms with Gasteiger partial charge in [-0.15, -0.1) is 0 Å². The van der Waals surface area contributed by atoms with E-state index in [1.807, 2.05) is 11.8 Å². The Labute approximate surface area is 216 Å². The summed E-state index contributed by atoms with van der Waals surface area (Å²) in [6.45, 7) is 4.46. The molecule has 1 heterocycles. The average molecular weight is 515 g/mol. The molecule has 2 atom stereocenters. The Bertz CT molecular complexity index is 1150. The fourth-order valence-electron chi connectivity index (χ4n) is 5.60. The lowest BCUT2D eigenvalue weighted by molar-refractivity contribution is 0.0763. The zero-order valence-electron chi connectivity index (χ0n) is 20.5. The van der Waals surface area contributed by atoms with Crippen LogP contribution in [0, 0.1) is 23.1 Å². The number of ether oxygens (including phenoxy) is 2. The summed E-state index contributed by atoms with van der Waals surface area (Å²) in [5.74, 6) is 0.660. The van der Waals surface area contributed by atoms with Crippen LogP contribution in [0.5, 0.6) is 11.5 Å². The van der Waals surface area contributed by atoms with Gasteiger partial charge in [-0.3, -0.25) is 9.59 Å². The van der Waals surface area contributed by atoms with Crippen LogP contribution in [0.1, 0.15) is 59.7 Å². The largest absolute Gasteiger partial charge is 0.493 e. The number of fused-ring (bicyclic) bond motifs is 1. The van der Waals surface area contributed by atoms with E-state index in [1.165, 1.54) is 12.1 Å². The highest BCUT2D eigenvalue weighted by Crippen LogP contribution is 2.49. The average Bonchev–Trinajstić information content (AvgIpc) is 3.51. The van der Waals surface area contributed by atoms with Crippen LogP contribution in [0.3, 0.4) is 0 Å². The molecule has 0 spiro atoms. The predicted octanol–water partition coefficient (Wildman–Crippen LogP) is 5.34. The van der Waals surface area contributed by atoms with Crippen LogP contribution < -0.4 is 14.8 Å². The maximum Gasteiger partial charge on any atom is 0.257 e. The summed E-state index contributed by atoms with van der Waals surface area (Å²) in [4.78, 5) is 28.2. The zero-order chi connectivity index (χ0) is 25.3. The number of rotatable bonds is 9. The van der Waals surface area contributed by atoms with Crippen molar-refractivity contribution in [2.45, 2.75) is 39.0 Å². The van der Waals surface area contributed by atoms with Crippen LogP contribution in [0.4, 0.5) is 4.39 Å². The molecule has 8 heteroatoms. The van der Waals surface area contributed by atoms with Crippen molar-refractivity contribution in [1.29, 1.82) is 0 Å². The zero-order valence-corrected chi connectivity index (χ0v) is 21.3. The van der Waals surface area contributed by atoms with Crippen molar-refractivity contribution in [3.05, 3.63) is 58.4 Å². The molecule has 2 aliphatic carbocycles. The maximum atomic E-state index is 14.7. The second-order valence-corrected chi connectivity index (χ2v) is 10.7. The van der Waals surface area contributed by atoms with Crippen molar-refractivity contribution in [1.82, 2.24) is 10.2 Å². The van der Waals surface area contributed by atoms with E-state index in [9.17, 15) is 14.0 Å². The Morgan fingerprint density at radius 2 is 1.97 bits per heavy atom. The summed E-state index contributed by atoms with van der Waals surface area (Å²) >= 11 is 6.18. The molecule has 2 amide bonds. The second-order valence-electron chi connectivity index (χ2n) is 10.3. The Hall–Kier alpha value is -2.80. The third-order valence-corrected chi connectivity index (χ3v) is 8.00. The van der Waals surface area contributed by atoms with Crippen molar-refractivity contribution in [3.8, 4) is 11.5 Å². The van der Waals surface area contributed by atoms with E-state index >= 15 is 0 Å². The lowest BCUT2D eigenvalue weighted by atomic mass is 9.80. The summed E-state index contributed by atoms with van der Waals surface area (Å²) in [6, 6.07) is 9.50. The van der Waals surface area contributed by atoms with E-state index < -0.39 is 11.7 Å². The molecular weight excluding hydrogens is 483 g/mol. The molecule has 0 aromatic heterocycles. The number of hydrogen-bond donors (Lipinski definition) is 1. The number of nitrogens with zero attached hydrogens (tertiary/aromatic N) is 1. The second kappa shape index (κ2) is 10.3. The van der Waals surface area contributed by atoms with E-state index in [2.05, 4.69) is 5.32 Å². The Morgan fingerprint density at radius 3 is 2.72 bits per heavy atom. The standard InChI is InChI=1S/C28H32ClFN2O4/c1-2-35-25-10-7-20(29)12-23(25)27(34)32-14-19-4-3-11-28(19,17-32)16-31-26(33)22-9-8-21(13-24(22)30)36-15-18-5-6-18/h7-10,12-13,18-19H,2-6,11,14-17H2,1H3,(H,31,33)/t19-,28-/m0/s1. The fraction of sp³-hybridized carbons (Fsp3) is 0.500. The normalized spacial score (nSPS) is 22.9. The quantitative estimate of drug-likeness (QED) is 0.490. The highest BCUT2D eigenvalue weighted by Gasteiger charge is 2.51. The van der Waals surface area contributed by atoms with Gasteiger partial charge in [-0.2, -0.15) is 0 Å². The Balaban J connectivity index is 1.25. The van der Waals surface area contributed by atoms with Gasteiger partial charge in [0.2, 0.25) is 0 Å². The number of amides is 2. The smallest absolute Gasteiger partial charge is 0.257 e. The third kappa shape index (κ3) is 5.17. The van der Waals surface area contributed by atoms with Crippen LogP contribution in [0.15, 0.2) is 36.4 Å². The molecule has 0 bridgehead atoms. The summed E-state index contributed by atoms with van der Waals surface area (Å²) in [5, 5.41) is 3.44. The molecule has 1 aliphatic heterocycles. The van der Waals surface area contributed by atoms with E-state index in [0.29, 0.717) is 60.9 Å². The first kappa shape index (κ1) is 24.9. The van der Waals surface area contributed by atoms with Gasteiger partial charge in [0.1, 0.15) is 17.3 Å². The molecule has 0 unspecified atom stereocenters. The van der Waals surface area contributed by atoms with E-state index in [0.717, 1.165) is 32.1 Å². The lowest BCUT2D eigenvalue weighted by Gasteiger charge is -2.29. The number of carbonyl (C=O) groups is 2. The number of hydrogen-bond acceptors (Lipinski definition) is 4. The molecule has 36 heavy (non-hydrogen) atoms. The van der Waals surface area contributed by atoms with Gasteiger partial charge in [0.15, 0.2) is 0 Å². The first-order valence-electron chi connectivity index (χ1n) is 12.8. The van der Waals surface area contributed by atoms with Crippen molar-refractivity contribution in [3.63, 3.8) is 0 Å². The van der Waals surface area contributed by atoms with Crippen molar-refractivity contribution in [2.75, 3.05) is 32.8 Å². The Kier molecular flexibility index (Phi) is 7.11. The molecule has 5 rings (SSSR count). The molecule has 6 nitrogen and oxygen atoms in total. The van der Waals surface area contributed by atoms with Crippen LogP contribution in [-0.4, -0.2) is 49.6 Å². The predicted molar refractivity (Wildman–Crippen MR) is 135 cm³/mol. The van der Waals surface area contributed by atoms with Crippen molar-refractivity contribution >= 4 is 23.4 Å². The van der Waals surface area contributed by atoms with Gasteiger partial charge in [-0.25, -0.2) is 4.39 Å². The molecule has 2 aromatic rings. The van der Waals surface area contributed by atoms with Gasteiger partial charge in [-0.1, -0.05) is 18.0 Å². The van der Waals surface area contributed by atoms with Crippen LogP contribution in [0.25, 0.3) is 0 Å². The number of nitrogens with one attached hydrogen (secondary N) is 1. The number of halogens is 2. The molecule has 2 saturated carbocycles. The molecule has 3 aliphatic rings. The number of benzene rings is 2. The highest BCUT2D eigenvalue weighted by atomic mass is 35.5. The minimum Gasteiger partial charge on any atom is -0.493 e. The van der Waals surface area contributed by atoms with Crippen LogP contribution in [-0.2, 0) is 0 Å². The van der Waals surface area contributed by atoms with E-state index in [4.69, 9.17) is 21.1 Å². The van der Waals surface area contributed by atoms with Gasteiger partial charge in [0.05, 0.1) is 24.3 Å². The van der Waals surface area contributed by atoms with Gasteiger partial charge >= 0.3 is 0 Å². The summed E-state index contributed by atoms with van der Waals surface area (Å²) in [5.41, 5.74) is 0.236. The molecule has 1 saturated heterocycles. The van der Waals surface area contributed by atoms with Crippen molar-refractivity contribution < 1.29 is 23.5 Å². The number of carbonyl (C=O) groups excluding carboxylic acids is 2. The summed E-state index contributed by atoms with van der Waals surface area (Å²) in [7, 11) is 0. The van der Waals surface area contributed by atoms with Crippen LogP contribution in [0.2, 0.25) is 5.02 Å². The third-order valence-electron chi connectivity index (χ3n) is 7.77. The van der Waals surface area contributed by atoms with Crippen molar-refractivity contribution in [2.24, 2.45) is 17.3 Å².